The van der Waals surface area contributed by atoms with Crippen molar-refractivity contribution in [3.63, 3.8) is 0 Å². The summed E-state index contributed by atoms with van der Waals surface area (Å²) in [6, 6.07) is 11.0. The second kappa shape index (κ2) is 7.27. The lowest BCUT2D eigenvalue weighted by Gasteiger charge is -2.03. The predicted octanol–water partition coefficient (Wildman–Crippen LogP) is 6.10. The third-order valence-electron chi connectivity index (χ3n) is 3.71. The van der Waals surface area contributed by atoms with Crippen LogP contribution in [-0.4, -0.2) is 4.98 Å². The molecule has 1 aromatic carbocycles. The molecule has 3 aromatic heterocycles. The summed E-state index contributed by atoms with van der Waals surface area (Å²) in [6.07, 6.45) is 3.14. The number of aromatic nitrogens is 1. The highest BCUT2D eigenvalue weighted by Gasteiger charge is 2.15. The van der Waals surface area contributed by atoms with Crippen LogP contribution in [0.1, 0.15) is 10.8 Å². The van der Waals surface area contributed by atoms with Gasteiger partial charge in [-0.25, -0.2) is 9.78 Å². The van der Waals surface area contributed by atoms with Gasteiger partial charge in [0.15, 0.2) is 5.58 Å². The molecule has 0 spiro atoms. The first-order valence-corrected chi connectivity index (χ1v) is 10.1. The molecule has 27 heavy (non-hydrogen) atoms. The first kappa shape index (κ1) is 17.9. The van der Waals surface area contributed by atoms with Crippen LogP contribution in [0.2, 0.25) is 0 Å². The van der Waals surface area contributed by atoms with Crippen molar-refractivity contribution in [3.8, 4) is 17.3 Å². The number of halogens is 2. The molecule has 0 aliphatic heterocycles. The van der Waals surface area contributed by atoms with E-state index in [1.807, 2.05) is 12.1 Å². The summed E-state index contributed by atoms with van der Waals surface area (Å²) < 4.78 is 12.2. The van der Waals surface area contributed by atoms with Crippen molar-refractivity contribution in [2.75, 3.05) is 0 Å². The van der Waals surface area contributed by atoms with Gasteiger partial charge in [-0.15, -0.1) is 11.3 Å². The number of fused-ring (bicyclic) bond motifs is 1. The van der Waals surface area contributed by atoms with Crippen LogP contribution in [0.5, 0.6) is 0 Å². The molecule has 0 unspecified atom stereocenters. The van der Waals surface area contributed by atoms with E-state index in [9.17, 15) is 10.1 Å². The molecule has 132 valence electrons. The summed E-state index contributed by atoms with van der Waals surface area (Å²) in [6.45, 7) is 0. The van der Waals surface area contributed by atoms with E-state index in [-0.39, 0.29) is 0 Å². The number of nitrogens with zero attached hydrogens (tertiary/aromatic N) is 2. The van der Waals surface area contributed by atoms with Crippen LogP contribution in [0.4, 0.5) is 0 Å². The molecule has 0 saturated carbocycles. The fraction of sp³-hybridized carbons (Fsp3) is 0. The molecule has 0 aliphatic carbocycles. The zero-order valence-electron chi connectivity index (χ0n) is 13.4. The Kier molecular flexibility index (Phi) is 4.83. The van der Waals surface area contributed by atoms with Crippen molar-refractivity contribution in [2.45, 2.75) is 0 Å². The molecule has 0 fully saturated rings. The number of nitriles is 1. The molecule has 0 atom stereocenters. The molecule has 0 radical (unpaired) electrons. The van der Waals surface area contributed by atoms with Gasteiger partial charge in [0, 0.05) is 21.3 Å². The average molecular weight is 504 g/mol. The maximum absolute atomic E-state index is 12.4. The van der Waals surface area contributed by atoms with Gasteiger partial charge in [0.2, 0.25) is 0 Å². The Labute approximate surface area is 173 Å². The summed E-state index contributed by atoms with van der Waals surface area (Å²) in [5.74, 6) is 0.559. The van der Waals surface area contributed by atoms with E-state index in [2.05, 4.69) is 42.9 Å². The van der Waals surface area contributed by atoms with Crippen molar-refractivity contribution in [3.05, 3.63) is 72.1 Å². The minimum absolute atomic E-state index is 0.338. The SMILES string of the molecule is N#C/C(=C/c1ccco1)c1nc(-c2cc3cc(Br)cc(Br)c3oc2=O)cs1. The highest BCUT2D eigenvalue weighted by molar-refractivity contribution is 9.11. The Morgan fingerprint density at radius 1 is 1.30 bits per heavy atom. The van der Waals surface area contributed by atoms with E-state index in [1.54, 1.807) is 29.7 Å². The van der Waals surface area contributed by atoms with Gasteiger partial charge in [-0.1, -0.05) is 15.9 Å². The first-order valence-electron chi connectivity index (χ1n) is 7.59. The molecule has 0 bridgehead atoms. The van der Waals surface area contributed by atoms with Crippen molar-refractivity contribution >= 4 is 65.8 Å². The maximum Gasteiger partial charge on any atom is 0.345 e. The smallest absolute Gasteiger partial charge is 0.345 e. The van der Waals surface area contributed by atoms with Gasteiger partial charge < -0.3 is 8.83 Å². The first-order chi connectivity index (χ1) is 13.0. The molecule has 5 nitrogen and oxygen atoms in total. The van der Waals surface area contributed by atoms with Crippen molar-refractivity contribution in [1.29, 1.82) is 5.26 Å². The van der Waals surface area contributed by atoms with E-state index in [0.717, 1.165) is 9.86 Å². The topological polar surface area (TPSA) is 80.0 Å². The minimum Gasteiger partial charge on any atom is -0.465 e. The molecule has 4 aromatic rings. The number of thiazole rings is 1. The van der Waals surface area contributed by atoms with Gasteiger partial charge in [0.1, 0.15) is 16.8 Å². The quantitative estimate of drug-likeness (QED) is 0.249. The molecular weight excluding hydrogens is 496 g/mol. The van der Waals surface area contributed by atoms with Crippen LogP contribution in [0.25, 0.3) is 33.9 Å². The number of hydrogen-bond donors (Lipinski definition) is 0. The summed E-state index contributed by atoms with van der Waals surface area (Å²) in [5.41, 5.74) is 1.14. The van der Waals surface area contributed by atoms with Gasteiger partial charge in [-0.05, 0) is 46.3 Å². The number of allylic oxidation sites excluding steroid dienone is 1. The summed E-state index contributed by atoms with van der Waals surface area (Å²) in [5, 5.41) is 12.4. The molecule has 0 aliphatic rings. The standard InChI is InChI=1S/C19H8Br2N2O3S/c20-12-4-10-6-14(19(24)26-17(10)15(21)7-12)16-9-27-18(23-16)11(8-22)5-13-2-1-3-25-13/h1-7,9H/b11-5-. The van der Waals surface area contributed by atoms with E-state index in [1.165, 1.54) is 17.6 Å². The summed E-state index contributed by atoms with van der Waals surface area (Å²) in [7, 11) is 0. The van der Waals surface area contributed by atoms with Crippen LogP contribution < -0.4 is 5.63 Å². The van der Waals surface area contributed by atoms with Crippen LogP contribution in [0.15, 0.2) is 64.5 Å². The molecular formula is C19H8Br2N2O3S. The Morgan fingerprint density at radius 2 is 2.15 bits per heavy atom. The fourth-order valence-corrected chi connectivity index (χ4v) is 4.64. The van der Waals surface area contributed by atoms with Gasteiger partial charge in [0.25, 0.3) is 0 Å². The highest BCUT2D eigenvalue weighted by Crippen LogP contribution is 2.31. The zero-order valence-corrected chi connectivity index (χ0v) is 17.4. The molecule has 8 heteroatoms. The zero-order chi connectivity index (χ0) is 19.0. The van der Waals surface area contributed by atoms with Gasteiger partial charge in [0.05, 0.1) is 27.6 Å². The highest BCUT2D eigenvalue weighted by atomic mass is 79.9. The monoisotopic (exact) mass is 502 g/mol. The second-order valence-corrected chi connectivity index (χ2v) is 8.10. The minimum atomic E-state index is -0.490. The second-order valence-electron chi connectivity index (χ2n) is 5.48. The number of benzene rings is 1. The van der Waals surface area contributed by atoms with E-state index >= 15 is 0 Å². The average Bonchev–Trinajstić information content (AvgIpc) is 3.31. The maximum atomic E-state index is 12.4. The van der Waals surface area contributed by atoms with E-state index < -0.39 is 5.63 Å². The Hall–Kier alpha value is -2.47. The largest absolute Gasteiger partial charge is 0.465 e. The lowest BCUT2D eigenvalue weighted by molar-refractivity contribution is 0.557. The number of hydrogen-bond acceptors (Lipinski definition) is 6. The Morgan fingerprint density at radius 3 is 2.89 bits per heavy atom. The molecule has 4 rings (SSSR count). The molecule has 3 heterocycles. The predicted molar refractivity (Wildman–Crippen MR) is 111 cm³/mol. The van der Waals surface area contributed by atoms with Gasteiger partial charge in [-0.2, -0.15) is 5.26 Å². The normalized spacial score (nSPS) is 11.7. The van der Waals surface area contributed by atoms with Crippen LogP contribution in [0, 0.1) is 11.3 Å². The molecule has 0 amide bonds. The van der Waals surface area contributed by atoms with Crippen LogP contribution in [0.3, 0.4) is 0 Å². The summed E-state index contributed by atoms with van der Waals surface area (Å²) >= 11 is 8.10. The van der Waals surface area contributed by atoms with Crippen molar-refractivity contribution in [2.24, 2.45) is 0 Å². The number of furan rings is 1. The summed E-state index contributed by atoms with van der Waals surface area (Å²) in [4.78, 5) is 16.9. The molecule has 0 N–H and O–H groups in total. The Bertz CT molecular complexity index is 1280. The van der Waals surface area contributed by atoms with Crippen molar-refractivity contribution < 1.29 is 8.83 Å². The van der Waals surface area contributed by atoms with Crippen LogP contribution >= 0.6 is 43.2 Å². The fourth-order valence-electron chi connectivity index (χ4n) is 2.51. The van der Waals surface area contributed by atoms with Crippen LogP contribution in [-0.2, 0) is 0 Å². The number of rotatable bonds is 3. The third kappa shape index (κ3) is 3.54. The van der Waals surface area contributed by atoms with E-state index in [4.69, 9.17) is 8.83 Å². The van der Waals surface area contributed by atoms with Crippen molar-refractivity contribution in [1.82, 2.24) is 4.98 Å². The molecule has 0 saturated heterocycles. The van der Waals surface area contributed by atoms with Gasteiger partial charge in [-0.3, -0.25) is 0 Å². The Balaban J connectivity index is 1.80. The lowest BCUT2D eigenvalue weighted by atomic mass is 10.1. The van der Waals surface area contributed by atoms with E-state index in [0.29, 0.717) is 37.7 Å². The van der Waals surface area contributed by atoms with Gasteiger partial charge >= 0.3 is 5.63 Å². The third-order valence-corrected chi connectivity index (χ3v) is 5.63. The lowest BCUT2D eigenvalue weighted by Crippen LogP contribution is -2.03.